The highest BCUT2D eigenvalue weighted by Gasteiger charge is 2.02. The van der Waals surface area contributed by atoms with Gasteiger partial charge in [0, 0.05) is 29.5 Å². The first-order valence-corrected chi connectivity index (χ1v) is 7.48. The largest absolute Gasteiger partial charge is 0.314 e. The number of aromatic nitrogens is 2. The molecule has 1 aromatic carbocycles. The highest BCUT2D eigenvalue weighted by molar-refractivity contribution is 9.10. The third kappa shape index (κ3) is 5.17. The zero-order chi connectivity index (χ0) is 13.5. The summed E-state index contributed by atoms with van der Waals surface area (Å²) in [7, 11) is 0. The van der Waals surface area contributed by atoms with E-state index in [0.29, 0.717) is 6.04 Å². The molecule has 0 bridgehead atoms. The normalized spacial score (nSPS) is 12.5. The molecule has 0 radical (unpaired) electrons. The summed E-state index contributed by atoms with van der Waals surface area (Å²) in [5.41, 5.74) is 1.37. The van der Waals surface area contributed by atoms with Gasteiger partial charge in [-0.2, -0.15) is 5.10 Å². The predicted octanol–water partition coefficient (Wildman–Crippen LogP) is 3.26. The molecule has 1 atom stereocenters. The zero-order valence-corrected chi connectivity index (χ0v) is 12.8. The topological polar surface area (TPSA) is 29.9 Å². The molecule has 0 aliphatic heterocycles. The summed E-state index contributed by atoms with van der Waals surface area (Å²) < 4.78 is 3.11. The van der Waals surface area contributed by atoms with E-state index in [9.17, 15) is 0 Å². The third-order valence-electron chi connectivity index (χ3n) is 3.07. The van der Waals surface area contributed by atoms with Crippen LogP contribution in [0, 0.1) is 0 Å². The van der Waals surface area contributed by atoms with E-state index in [4.69, 9.17) is 0 Å². The van der Waals surface area contributed by atoms with E-state index in [1.165, 1.54) is 5.56 Å². The van der Waals surface area contributed by atoms with Gasteiger partial charge in [-0.15, -0.1) is 0 Å². The minimum atomic E-state index is 0.499. The second-order valence-corrected chi connectivity index (χ2v) is 5.72. The first kappa shape index (κ1) is 14.3. The third-order valence-corrected chi connectivity index (χ3v) is 3.60. The smallest absolute Gasteiger partial charge is 0.0489 e. The number of halogens is 1. The number of benzene rings is 1. The van der Waals surface area contributed by atoms with Crippen LogP contribution >= 0.6 is 15.9 Å². The van der Waals surface area contributed by atoms with Crippen LogP contribution in [0.2, 0.25) is 0 Å². The summed E-state index contributed by atoms with van der Waals surface area (Å²) in [4.78, 5) is 0. The Hall–Kier alpha value is -1.13. The quantitative estimate of drug-likeness (QED) is 0.793. The highest BCUT2D eigenvalue weighted by Crippen LogP contribution is 2.11. The number of rotatable bonds is 7. The lowest BCUT2D eigenvalue weighted by Crippen LogP contribution is -2.29. The van der Waals surface area contributed by atoms with Gasteiger partial charge in [0.05, 0.1) is 0 Å². The average molecular weight is 322 g/mol. The average Bonchev–Trinajstić information content (AvgIpc) is 2.91. The van der Waals surface area contributed by atoms with Gasteiger partial charge >= 0.3 is 0 Å². The van der Waals surface area contributed by atoms with Gasteiger partial charge in [0.25, 0.3) is 0 Å². The Balaban J connectivity index is 1.64. The molecule has 4 heteroatoms. The fourth-order valence-electron chi connectivity index (χ4n) is 2.07. The van der Waals surface area contributed by atoms with Crippen molar-refractivity contribution in [2.45, 2.75) is 32.4 Å². The molecule has 0 saturated carbocycles. The lowest BCUT2D eigenvalue weighted by atomic mass is 10.1. The molecule has 1 unspecified atom stereocenters. The molecule has 1 N–H and O–H groups in total. The molecule has 1 heterocycles. The second-order valence-electron chi connectivity index (χ2n) is 4.81. The van der Waals surface area contributed by atoms with Crippen LogP contribution in [0.5, 0.6) is 0 Å². The molecule has 1 aromatic heterocycles. The van der Waals surface area contributed by atoms with E-state index < -0.39 is 0 Å². The Labute approximate surface area is 123 Å². The molecule has 0 aliphatic carbocycles. The second kappa shape index (κ2) is 7.46. The molecule has 3 nitrogen and oxygen atoms in total. The zero-order valence-electron chi connectivity index (χ0n) is 11.2. The van der Waals surface area contributed by atoms with Gasteiger partial charge in [-0.05, 0) is 50.1 Å². The maximum Gasteiger partial charge on any atom is 0.0489 e. The summed E-state index contributed by atoms with van der Waals surface area (Å²) in [6.45, 7) is 4.23. The lowest BCUT2D eigenvalue weighted by molar-refractivity contribution is 0.495. The van der Waals surface area contributed by atoms with Crippen LogP contribution in [0.25, 0.3) is 0 Å². The van der Waals surface area contributed by atoms with Gasteiger partial charge in [-0.1, -0.05) is 28.1 Å². The Morgan fingerprint density at radius 3 is 2.79 bits per heavy atom. The van der Waals surface area contributed by atoms with Gasteiger partial charge in [0.1, 0.15) is 0 Å². The Kier molecular flexibility index (Phi) is 5.61. The van der Waals surface area contributed by atoms with E-state index in [1.807, 2.05) is 23.1 Å². The molecule has 0 amide bonds. The van der Waals surface area contributed by atoms with E-state index in [1.54, 1.807) is 0 Å². The minimum absolute atomic E-state index is 0.499. The van der Waals surface area contributed by atoms with Crippen LogP contribution in [0.4, 0.5) is 0 Å². The molecule has 19 heavy (non-hydrogen) atoms. The number of hydrogen-bond donors (Lipinski definition) is 1. The molecule has 102 valence electrons. The van der Waals surface area contributed by atoms with Crippen LogP contribution in [0.3, 0.4) is 0 Å². The van der Waals surface area contributed by atoms with Crippen molar-refractivity contribution in [2.75, 3.05) is 6.54 Å². The first-order chi connectivity index (χ1) is 9.24. The molecule has 0 spiro atoms. The van der Waals surface area contributed by atoms with Crippen molar-refractivity contribution in [2.24, 2.45) is 0 Å². The molecule has 0 fully saturated rings. The van der Waals surface area contributed by atoms with Crippen molar-refractivity contribution < 1.29 is 0 Å². The van der Waals surface area contributed by atoms with Gasteiger partial charge in [-0.3, -0.25) is 4.68 Å². The summed E-state index contributed by atoms with van der Waals surface area (Å²) >= 11 is 3.46. The maximum atomic E-state index is 4.19. The van der Waals surface area contributed by atoms with Crippen molar-refractivity contribution in [1.29, 1.82) is 0 Å². The van der Waals surface area contributed by atoms with Crippen LogP contribution in [0.15, 0.2) is 47.2 Å². The minimum Gasteiger partial charge on any atom is -0.314 e. The standard InChI is InChI=1S/C15H20BrN3/c1-13(12-14-4-6-15(16)7-5-14)17-8-2-10-19-11-3-9-18-19/h3-7,9,11,13,17H,2,8,10,12H2,1H3. The Bertz CT molecular complexity index is 465. The summed E-state index contributed by atoms with van der Waals surface area (Å²) in [5.74, 6) is 0. The van der Waals surface area contributed by atoms with Crippen molar-refractivity contribution in [3.05, 3.63) is 52.8 Å². The van der Waals surface area contributed by atoms with Gasteiger partial charge in [-0.25, -0.2) is 0 Å². The van der Waals surface area contributed by atoms with E-state index in [0.717, 1.165) is 30.4 Å². The number of nitrogens with one attached hydrogen (secondary N) is 1. The Morgan fingerprint density at radius 2 is 2.11 bits per heavy atom. The van der Waals surface area contributed by atoms with Gasteiger partial charge in [0.15, 0.2) is 0 Å². The SMILES string of the molecule is CC(Cc1ccc(Br)cc1)NCCCn1cccn1. The summed E-state index contributed by atoms with van der Waals surface area (Å²) in [5, 5.41) is 7.75. The molecular formula is C15H20BrN3. The van der Waals surface area contributed by atoms with Crippen LogP contribution < -0.4 is 5.32 Å². The number of aryl methyl sites for hydroxylation is 1. The van der Waals surface area contributed by atoms with Crippen LogP contribution in [-0.2, 0) is 13.0 Å². The fraction of sp³-hybridized carbons (Fsp3) is 0.400. The molecule has 2 rings (SSSR count). The van der Waals surface area contributed by atoms with Crippen molar-refractivity contribution in [3.8, 4) is 0 Å². The molecule has 0 aliphatic rings. The molecule has 0 saturated heterocycles. The van der Waals surface area contributed by atoms with Crippen molar-refractivity contribution in [3.63, 3.8) is 0 Å². The van der Waals surface area contributed by atoms with Crippen molar-refractivity contribution >= 4 is 15.9 Å². The fourth-order valence-corrected chi connectivity index (χ4v) is 2.33. The van der Waals surface area contributed by atoms with E-state index in [2.05, 4.69) is 57.5 Å². The predicted molar refractivity (Wildman–Crippen MR) is 82.2 cm³/mol. The number of hydrogen-bond acceptors (Lipinski definition) is 2. The Morgan fingerprint density at radius 1 is 1.32 bits per heavy atom. The van der Waals surface area contributed by atoms with Crippen LogP contribution in [0.1, 0.15) is 18.9 Å². The first-order valence-electron chi connectivity index (χ1n) is 6.69. The maximum absolute atomic E-state index is 4.19. The monoisotopic (exact) mass is 321 g/mol. The summed E-state index contributed by atoms with van der Waals surface area (Å²) in [6.07, 6.45) is 6.00. The molecule has 2 aromatic rings. The summed E-state index contributed by atoms with van der Waals surface area (Å²) in [6, 6.07) is 11.0. The van der Waals surface area contributed by atoms with Gasteiger partial charge < -0.3 is 5.32 Å². The van der Waals surface area contributed by atoms with Gasteiger partial charge in [0.2, 0.25) is 0 Å². The van der Waals surface area contributed by atoms with E-state index >= 15 is 0 Å². The number of nitrogens with zero attached hydrogens (tertiary/aromatic N) is 2. The van der Waals surface area contributed by atoms with Crippen LogP contribution in [-0.4, -0.2) is 22.4 Å². The molecular weight excluding hydrogens is 302 g/mol. The van der Waals surface area contributed by atoms with Crippen molar-refractivity contribution in [1.82, 2.24) is 15.1 Å². The van der Waals surface area contributed by atoms with E-state index in [-0.39, 0.29) is 0 Å². The highest BCUT2D eigenvalue weighted by atomic mass is 79.9. The lowest BCUT2D eigenvalue weighted by Gasteiger charge is -2.14.